The largest absolute Gasteiger partial charge is 0.395 e. The van der Waals surface area contributed by atoms with Gasteiger partial charge in [0.05, 0.1) is 12.6 Å². The zero-order valence-electron chi connectivity index (χ0n) is 13.6. The van der Waals surface area contributed by atoms with Gasteiger partial charge < -0.3 is 10.4 Å². The number of benzene rings is 2. The number of nitrogens with zero attached hydrogens (tertiary/aromatic N) is 1. The number of piperazine rings is 1. The summed E-state index contributed by atoms with van der Waals surface area (Å²) in [5, 5.41) is 13.1. The van der Waals surface area contributed by atoms with Crippen molar-refractivity contribution in [1.29, 1.82) is 0 Å². The van der Waals surface area contributed by atoms with Gasteiger partial charge in [0.2, 0.25) is 0 Å². The summed E-state index contributed by atoms with van der Waals surface area (Å²) >= 11 is 0. The van der Waals surface area contributed by atoms with Crippen LogP contribution in [0.25, 0.3) is 0 Å². The first-order valence-corrected chi connectivity index (χ1v) is 8.19. The smallest absolute Gasteiger partial charge is 0.123 e. The lowest BCUT2D eigenvalue weighted by Crippen LogP contribution is -2.57. The van der Waals surface area contributed by atoms with E-state index in [0.29, 0.717) is 6.54 Å². The van der Waals surface area contributed by atoms with Gasteiger partial charge in [-0.2, -0.15) is 0 Å². The topological polar surface area (TPSA) is 35.5 Å². The summed E-state index contributed by atoms with van der Waals surface area (Å²) in [5.41, 5.74) is 1.85. The fraction of sp³-hybridized carbons (Fsp3) is 0.368. The van der Waals surface area contributed by atoms with Crippen molar-refractivity contribution in [3.63, 3.8) is 0 Å². The highest BCUT2D eigenvalue weighted by molar-refractivity contribution is 5.33. The quantitative estimate of drug-likeness (QED) is 0.904. The number of halogens is 2. The van der Waals surface area contributed by atoms with Gasteiger partial charge in [-0.05, 0) is 42.3 Å². The zero-order chi connectivity index (χ0) is 17.1. The first kappa shape index (κ1) is 17.0. The first-order valence-electron chi connectivity index (χ1n) is 8.19. The van der Waals surface area contributed by atoms with Crippen LogP contribution in [0.3, 0.4) is 0 Å². The van der Waals surface area contributed by atoms with E-state index in [1.165, 1.54) is 24.3 Å². The SMILES string of the molecule is CC1CN(C(c2ccc(F)cc2)c2ccc(F)cc2)C(CO)CN1. The summed E-state index contributed by atoms with van der Waals surface area (Å²) in [4.78, 5) is 2.21. The van der Waals surface area contributed by atoms with Crippen LogP contribution in [0.5, 0.6) is 0 Å². The molecule has 3 rings (SSSR count). The Morgan fingerprint density at radius 2 is 1.54 bits per heavy atom. The standard InChI is InChI=1S/C19H22F2N2O/c1-13-11-23(18(12-24)10-22-13)19(14-2-6-16(20)7-3-14)15-4-8-17(21)9-5-15/h2-9,13,18-19,22,24H,10-12H2,1H3. The molecule has 1 aliphatic rings. The van der Waals surface area contributed by atoms with E-state index in [1.807, 2.05) is 0 Å². The van der Waals surface area contributed by atoms with Gasteiger partial charge in [0, 0.05) is 25.2 Å². The Bertz CT molecular complexity index is 615. The van der Waals surface area contributed by atoms with Crippen LogP contribution in [0.4, 0.5) is 8.78 Å². The highest BCUT2D eigenvalue weighted by Gasteiger charge is 2.32. The predicted molar refractivity (Wildman–Crippen MR) is 89.7 cm³/mol. The molecule has 24 heavy (non-hydrogen) atoms. The molecule has 1 heterocycles. The maximum Gasteiger partial charge on any atom is 0.123 e. The minimum absolute atomic E-state index is 0.0264. The molecule has 0 bridgehead atoms. The van der Waals surface area contributed by atoms with Crippen molar-refractivity contribution in [2.75, 3.05) is 19.7 Å². The second-order valence-corrected chi connectivity index (χ2v) is 6.35. The van der Waals surface area contributed by atoms with E-state index in [-0.39, 0.29) is 36.4 Å². The average Bonchev–Trinajstić information content (AvgIpc) is 2.59. The van der Waals surface area contributed by atoms with Crippen LogP contribution >= 0.6 is 0 Å². The van der Waals surface area contributed by atoms with Crippen molar-refractivity contribution >= 4 is 0 Å². The fourth-order valence-corrected chi connectivity index (χ4v) is 3.34. The van der Waals surface area contributed by atoms with Gasteiger partial charge in [-0.25, -0.2) is 8.78 Å². The van der Waals surface area contributed by atoms with E-state index in [1.54, 1.807) is 24.3 Å². The van der Waals surface area contributed by atoms with Crippen LogP contribution in [-0.2, 0) is 0 Å². The molecule has 3 nitrogen and oxygen atoms in total. The Balaban J connectivity index is 2.03. The molecule has 0 aromatic heterocycles. The summed E-state index contributed by atoms with van der Waals surface area (Å²) in [7, 11) is 0. The van der Waals surface area contributed by atoms with E-state index in [2.05, 4.69) is 17.1 Å². The summed E-state index contributed by atoms with van der Waals surface area (Å²) in [6.07, 6.45) is 0. The second kappa shape index (κ2) is 7.38. The minimum Gasteiger partial charge on any atom is -0.395 e. The van der Waals surface area contributed by atoms with Crippen LogP contribution in [0, 0.1) is 11.6 Å². The normalized spacial score (nSPS) is 22.0. The number of aliphatic hydroxyl groups is 1. The second-order valence-electron chi connectivity index (χ2n) is 6.35. The van der Waals surface area contributed by atoms with Crippen LogP contribution in [0.1, 0.15) is 24.1 Å². The Kier molecular flexibility index (Phi) is 5.23. The Morgan fingerprint density at radius 3 is 2.00 bits per heavy atom. The molecule has 2 atom stereocenters. The van der Waals surface area contributed by atoms with Crippen molar-refractivity contribution < 1.29 is 13.9 Å². The summed E-state index contributed by atoms with van der Waals surface area (Å²) in [6, 6.07) is 12.8. The number of hydrogen-bond acceptors (Lipinski definition) is 3. The van der Waals surface area contributed by atoms with Gasteiger partial charge in [-0.3, -0.25) is 4.90 Å². The zero-order valence-corrected chi connectivity index (χ0v) is 13.6. The third-order valence-corrected chi connectivity index (χ3v) is 4.57. The summed E-state index contributed by atoms with van der Waals surface area (Å²) in [5.74, 6) is -0.576. The number of rotatable bonds is 4. The molecule has 0 amide bonds. The molecule has 2 N–H and O–H groups in total. The van der Waals surface area contributed by atoms with Crippen molar-refractivity contribution in [3.8, 4) is 0 Å². The molecule has 0 radical (unpaired) electrons. The molecule has 1 fully saturated rings. The van der Waals surface area contributed by atoms with Crippen molar-refractivity contribution in [1.82, 2.24) is 10.2 Å². The number of nitrogens with one attached hydrogen (secondary N) is 1. The molecule has 0 saturated carbocycles. The van der Waals surface area contributed by atoms with Crippen molar-refractivity contribution in [3.05, 3.63) is 71.3 Å². The molecule has 0 spiro atoms. The maximum atomic E-state index is 13.3. The van der Waals surface area contributed by atoms with Crippen LogP contribution in [-0.4, -0.2) is 41.8 Å². The van der Waals surface area contributed by atoms with Crippen molar-refractivity contribution in [2.45, 2.75) is 25.0 Å². The number of aliphatic hydroxyl groups excluding tert-OH is 1. The molecule has 5 heteroatoms. The van der Waals surface area contributed by atoms with Crippen LogP contribution in [0.2, 0.25) is 0 Å². The maximum absolute atomic E-state index is 13.3. The molecular formula is C19H22F2N2O. The van der Waals surface area contributed by atoms with Crippen molar-refractivity contribution in [2.24, 2.45) is 0 Å². The van der Waals surface area contributed by atoms with Gasteiger partial charge in [-0.1, -0.05) is 24.3 Å². The molecular weight excluding hydrogens is 310 g/mol. The molecule has 2 unspecified atom stereocenters. The Hall–Kier alpha value is -1.82. The Labute approximate surface area is 140 Å². The van der Waals surface area contributed by atoms with E-state index in [0.717, 1.165) is 17.7 Å². The third kappa shape index (κ3) is 3.64. The molecule has 0 aliphatic carbocycles. The predicted octanol–water partition coefficient (Wildman–Crippen LogP) is 2.71. The number of hydrogen-bond donors (Lipinski definition) is 2. The lowest BCUT2D eigenvalue weighted by Gasteiger charge is -2.43. The van der Waals surface area contributed by atoms with E-state index in [4.69, 9.17) is 0 Å². The lowest BCUT2D eigenvalue weighted by atomic mass is 9.94. The highest BCUT2D eigenvalue weighted by Crippen LogP contribution is 2.32. The summed E-state index contributed by atoms with van der Waals surface area (Å²) < 4.78 is 26.7. The molecule has 1 saturated heterocycles. The average molecular weight is 332 g/mol. The molecule has 2 aromatic carbocycles. The van der Waals surface area contributed by atoms with E-state index in [9.17, 15) is 13.9 Å². The van der Waals surface area contributed by atoms with Gasteiger partial charge in [-0.15, -0.1) is 0 Å². The van der Waals surface area contributed by atoms with E-state index < -0.39 is 0 Å². The van der Waals surface area contributed by atoms with Gasteiger partial charge in [0.15, 0.2) is 0 Å². The van der Waals surface area contributed by atoms with Crippen LogP contribution in [0.15, 0.2) is 48.5 Å². The van der Waals surface area contributed by atoms with Gasteiger partial charge in [0.25, 0.3) is 0 Å². The van der Waals surface area contributed by atoms with Gasteiger partial charge in [0.1, 0.15) is 11.6 Å². The minimum atomic E-state index is -0.288. The highest BCUT2D eigenvalue weighted by atomic mass is 19.1. The molecule has 2 aromatic rings. The lowest BCUT2D eigenvalue weighted by molar-refractivity contribution is 0.0602. The Morgan fingerprint density at radius 1 is 1.04 bits per heavy atom. The van der Waals surface area contributed by atoms with Crippen LogP contribution < -0.4 is 5.32 Å². The molecule has 1 aliphatic heterocycles. The third-order valence-electron chi connectivity index (χ3n) is 4.57. The fourth-order valence-electron chi connectivity index (χ4n) is 3.34. The molecule has 128 valence electrons. The summed E-state index contributed by atoms with van der Waals surface area (Å²) in [6.45, 7) is 3.53. The first-order chi connectivity index (χ1) is 11.6. The van der Waals surface area contributed by atoms with Gasteiger partial charge >= 0.3 is 0 Å². The monoisotopic (exact) mass is 332 g/mol. The van der Waals surface area contributed by atoms with E-state index >= 15 is 0 Å².